The predicted molar refractivity (Wildman–Crippen MR) is 112 cm³/mol. The standard InChI is InChI=1S/C24H27NO5/c1-14-13-19(29-3)15(2)12-17(14)22(26)20-21(18-10-7-11-30-18)25(24(28)23(20)27)16-8-5-4-6-9-16/h7,10-13,16,21,26H,4-6,8-9H2,1-3H3/b22-20-. The number of rotatable bonds is 4. The second-order valence-corrected chi connectivity index (χ2v) is 8.15. The molecule has 4 rings (SSSR count). The van der Waals surface area contributed by atoms with Crippen LogP contribution in [0.25, 0.3) is 5.76 Å². The fourth-order valence-electron chi connectivity index (χ4n) is 4.72. The van der Waals surface area contributed by atoms with Crippen LogP contribution in [-0.2, 0) is 9.59 Å². The van der Waals surface area contributed by atoms with Gasteiger partial charge >= 0.3 is 0 Å². The summed E-state index contributed by atoms with van der Waals surface area (Å²) in [6, 6.07) is 6.35. The number of carbonyl (C=O) groups excluding carboxylic acids is 2. The molecule has 2 heterocycles. The first-order chi connectivity index (χ1) is 14.4. The number of methoxy groups -OCH3 is 1. The molecular formula is C24H27NO5. The van der Waals surface area contributed by atoms with Crippen molar-refractivity contribution in [1.29, 1.82) is 0 Å². The first-order valence-corrected chi connectivity index (χ1v) is 10.4. The van der Waals surface area contributed by atoms with Crippen molar-refractivity contribution >= 4 is 17.4 Å². The SMILES string of the molecule is COc1cc(C)c(/C(O)=C2/C(=O)C(=O)N(C3CCCCC3)C2c2ccco2)cc1C. The summed E-state index contributed by atoms with van der Waals surface area (Å²) < 4.78 is 11.0. The van der Waals surface area contributed by atoms with E-state index in [9.17, 15) is 14.7 Å². The van der Waals surface area contributed by atoms with E-state index in [1.807, 2.05) is 19.9 Å². The highest BCUT2D eigenvalue weighted by Gasteiger charge is 2.50. The molecule has 6 nitrogen and oxygen atoms in total. The fourth-order valence-corrected chi connectivity index (χ4v) is 4.72. The van der Waals surface area contributed by atoms with Crippen LogP contribution in [0.2, 0.25) is 0 Å². The Hall–Kier alpha value is -3.02. The minimum atomic E-state index is -0.718. The second-order valence-electron chi connectivity index (χ2n) is 8.15. The van der Waals surface area contributed by atoms with Crippen LogP contribution >= 0.6 is 0 Å². The van der Waals surface area contributed by atoms with Crippen molar-refractivity contribution in [2.75, 3.05) is 7.11 Å². The highest BCUT2D eigenvalue weighted by Crippen LogP contribution is 2.43. The number of hydrogen-bond donors (Lipinski definition) is 1. The number of ether oxygens (including phenoxy) is 1. The number of aryl methyl sites for hydroxylation is 2. The fraction of sp³-hybridized carbons (Fsp3) is 0.417. The first kappa shape index (κ1) is 20.3. The van der Waals surface area contributed by atoms with Gasteiger partial charge < -0.3 is 19.2 Å². The smallest absolute Gasteiger partial charge is 0.296 e. The van der Waals surface area contributed by atoms with Gasteiger partial charge in [-0.15, -0.1) is 0 Å². The minimum absolute atomic E-state index is 0.0331. The summed E-state index contributed by atoms with van der Waals surface area (Å²) in [5.74, 6) is -0.199. The Kier molecular flexibility index (Phi) is 5.41. The van der Waals surface area contributed by atoms with Crippen LogP contribution in [-0.4, -0.2) is 34.8 Å². The second kappa shape index (κ2) is 8.01. The largest absolute Gasteiger partial charge is 0.507 e. The highest BCUT2D eigenvalue weighted by atomic mass is 16.5. The van der Waals surface area contributed by atoms with E-state index in [0.717, 1.165) is 43.2 Å². The molecule has 1 aromatic carbocycles. The third kappa shape index (κ3) is 3.30. The molecule has 1 N–H and O–H groups in total. The summed E-state index contributed by atoms with van der Waals surface area (Å²) in [6.07, 6.45) is 6.41. The minimum Gasteiger partial charge on any atom is -0.507 e. The van der Waals surface area contributed by atoms with E-state index in [2.05, 4.69) is 0 Å². The lowest BCUT2D eigenvalue weighted by atomic mass is 9.92. The molecule has 1 amide bonds. The summed E-state index contributed by atoms with van der Waals surface area (Å²) >= 11 is 0. The van der Waals surface area contributed by atoms with Crippen LogP contribution in [0, 0.1) is 13.8 Å². The number of aliphatic hydroxyl groups is 1. The summed E-state index contributed by atoms with van der Waals surface area (Å²) in [5.41, 5.74) is 2.21. The van der Waals surface area contributed by atoms with Crippen molar-refractivity contribution in [3.63, 3.8) is 0 Å². The van der Waals surface area contributed by atoms with Crippen LogP contribution in [0.3, 0.4) is 0 Å². The van der Waals surface area contributed by atoms with E-state index >= 15 is 0 Å². The number of benzene rings is 1. The molecule has 158 valence electrons. The normalized spacial score (nSPS) is 22.0. The molecule has 1 saturated carbocycles. The number of furan rings is 1. The van der Waals surface area contributed by atoms with Crippen molar-refractivity contribution < 1.29 is 23.8 Å². The lowest BCUT2D eigenvalue weighted by Gasteiger charge is -2.34. The summed E-state index contributed by atoms with van der Waals surface area (Å²) in [6.45, 7) is 3.72. The van der Waals surface area contributed by atoms with Gasteiger partial charge in [0.05, 0.1) is 18.9 Å². The number of carbonyl (C=O) groups is 2. The molecular weight excluding hydrogens is 382 g/mol. The number of nitrogens with zero attached hydrogens (tertiary/aromatic N) is 1. The number of Topliss-reactive ketones (excluding diaryl/α,β-unsaturated/α-hetero) is 1. The number of amides is 1. The van der Waals surface area contributed by atoms with E-state index in [1.165, 1.54) is 6.26 Å². The van der Waals surface area contributed by atoms with Crippen LogP contribution in [0.5, 0.6) is 5.75 Å². The van der Waals surface area contributed by atoms with Gasteiger partial charge in [0.15, 0.2) is 0 Å². The van der Waals surface area contributed by atoms with Crippen molar-refractivity contribution in [1.82, 2.24) is 4.90 Å². The summed E-state index contributed by atoms with van der Waals surface area (Å²) in [5, 5.41) is 11.3. The van der Waals surface area contributed by atoms with Crippen molar-refractivity contribution in [2.24, 2.45) is 0 Å². The summed E-state index contributed by atoms with van der Waals surface area (Å²) in [7, 11) is 1.59. The molecule has 2 aliphatic rings. The van der Waals surface area contributed by atoms with Gasteiger partial charge in [0.1, 0.15) is 23.3 Å². The van der Waals surface area contributed by atoms with E-state index < -0.39 is 17.7 Å². The average Bonchev–Trinajstić information content (AvgIpc) is 3.36. The quantitative estimate of drug-likeness (QED) is 0.451. The number of ketones is 1. The van der Waals surface area contributed by atoms with Crippen molar-refractivity contribution in [3.05, 3.63) is 58.6 Å². The predicted octanol–water partition coefficient (Wildman–Crippen LogP) is 4.66. The molecule has 0 radical (unpaired) electrons. The van der Waals surface area contributed by atoms with E-state index in [-0.39, 0.29) is 17.4 Å². The van der Waals surface area contributed by atoms with Gasteiger partial charge in [0.25, 0.3) is 11.7 Å². The van der Waals surface area contributed by atoms with Crippen molar-refractivity contribution in [2.45, 2.75) is 58.0 Å². The molecule has 1 atom stereocenters. The lowest BCUT2D eigenvalue weighted by molar-refractivity contribution is -0.142. The lowest BCUT2D eigenvalue weighted by Crippen LogP contribution is -2.40. The molecule has 2 fully saturated rings. The molecule has 1 aromatic heterocycles. The van der Waals surface area contributed by atoms with Gasteiger partial charge in [-0.1, -0.05) is 19.3 Å². The Morgan fingerprint density at radius 2 is 1.87 bits per heavy atom. The Morgan fingerprint density at radius 3 is 2.50 bits per heavy atom. The zero-order chi connectivity index (χ0) is 21.4. The Labute approximate surface area is 176 Å². The summed E-state index contributed by atoms with van der Waals surface area (Å²) in [4.78, 5) is 27.8. The third-order valence-corrected chi connectivity index (χ3v) is 6.26. The zero-order valence-electron chi connectivity index (χ0n) is 17.6. The number of aliphatic hydroxyl groups excluding tert-OH is 1. The van der Waals surface area contributed by atoms with Gasteiger partial charge in [0.2, 0.25) is 0 Å². The average molecular weight is 409 g/mol. The molecule has 0 spiro atoms. The van der Waals surface area contributed by atoms with Gasteiger partial charge in [0, 0.05) is 11.6 Å². The van der Waals surface area contributed by atoms with Gasteiger partial charge in [-0.25, -0.2) is 0 Å². The van der Waals surface area contributed by atoms with E-state index in [1.54, 1.807) is 30.2 Å². The third-order valence-electron chi connectivity index (χ3n) is 6.26. The van der Waals surface area contributed by atoms with Crippen LogP contribution in [0.15, 0.2) is 40.5 Å². The Balaban J connectivity index is 1.87. The van der Waals surface area contributed by atoms with E-state index in [4.69, 9.17) is 9.15 Å². The van der Waals surface area contributed by atoms with Gasteiger partial charge in [-0.2, -0.15) is 0 Å². The maximum absolute atomic E-state index is 13.1. The molecule has 0 bridgehead atoms. The van der Waals surface area contributed by atoms with Crippen LogP contribution in [0.4, 0.5) is 0 Å². The Morgan fingerprint density at radius 1 is 1.13 bits per heavy atom. The number of hydrogen-bond acceptors (Lipinski definition) is 5. The molecule has 1 unspecified atom stereocenters. The van der Waals surface area contributed by atoms with Gasteiger partial charge in [-0.05, 0) is 62.1 Å². The molecule has 2 aromatic rings. The monoisotopic (exact) mass is 409 g/mol. The molecule has 1 saturated heterocycles. The van der Waals surface area contributed by atoms with E-state index in [0.29, 0.717) is 17.1 Å². The topological polar surface area (TPSA) is 80.0 Å². The molecule has 1 aliphatic heterocycles. The van der Waals surface area contributed by atoms with Crippen LogP contribution in [0.1, 0.15) is 60.6 Å². The van der Waals surface area contributed by atoms with Crippen molar-refractivity contribution in [3.8, 4) is 5.75 Å². The Bertz CT molecular complexity index is 999. The zero-order valence-corrected chi connectivity index (χ0v) is 17.6. The maximum Gasteiger partial charge on any atom is 0.296 e. The van der Waals surface area contributed by atoms with Gasteiger partial charge in [-0.3, -0.25) is 9.59 Å². The van der Waals surface area contributed by atoms with Crippen LogP contribution < -0.4 is 4.74 Å². The molecule has 6 heteroatoms. The number of likely N-dealkylation sites (tertiary alicyclic amines) is 1. The molecule has 1 aliphatic carbocycles. The molecule has 30 heavy (non-hydrogen) atoms. The first-order valence-electron chi connectivity index (χ1n) is 10.4. The maximum atomic E-state index is 13.1. The highest BCUT2D eigenvalue weighted by molar-refractivity contribution is 6.46.